The van der Waals surface area contributed by atoms with Crippen molar-refractivity contribution in [1.82, 2.24) is 0 Å². The maximum atomic E-state index is 10.4. The molecule has 0 fully saturated rings. The van der Waals surface area contributed by atoms with E-state index in [1.54, 1.807) is 0 Å². The minimum atomic E-state index is -3.66. The molecule has 0 aromatic rings. The van der Waals surface area contributed by atoms with Gasteiger partial charge in [0, 0.05) is 31.1 Å². The summed E-state index contributed by atoms with van der Waals surface area (Å²) in [5.74, 6) is 0.469. The van der Waals surface area contributed by atoms with Crippen LogP contribution in [-0.4, -0.2) is 35.6 Å². The Morgan fingerprint density at radius 3 is 2.11 bits per heavy atom. The summed E-state index contributed by atoms with van der Waals surface area (Å²) >= 11 is 8.48. The Hall–Kier alpha value is 0.703. The van der Waals surface area contributed by atoms with E-state index >= 15 is 0 Å². The fourth-order valence-electron chi connectivity index (χ4n) is 0.973. The van der Waals surface area contributed by atoms with E-state index in [-0.39, 0.29) is 31.1 Å². The molecule has 0 aromatic heterocycles. The zero-order valence-electron chi connectivity index (χ0n) is 11.3. The predicted octanol–water partition coefficient (Wildman–Crippen LogP) is 1.54. The average Bonchev–Trinajstić information content (AvgIpc) is 2.24. The summed E-state index contributed by atoms with van der Waals surface area (Å²) < 4.78 is 26.9. The first-order chi connectivity index (χ1) is 8.22. The van der Waals surface area contributed by atoms with Crippen LogP contribution in [0.25, 0.3) is 0 Å². The van der Waals surface area contributed by atoms with Gasteiger partial charge in [-0.25, -0.2) is 0 Å². The summed E-state index contributed by atoms with van der Waals surface area (Å²) in [6.07, 6.45) is 4.50. The van der Waals surface area contributed by atoms with Gasteiger partial charge in [-0.2, -0.15) is 33.7 Å². The smallest absolute Gasteiger partial charge is 0.264 e. The number of nitrogens with two attached hydrogens (primary N) is 1. The van der Waals surface area contributed by atoms with Crippen molar-refractivity contribution in [2.45, 2.75) is 44.3 Å². The van der Waals surface area contributed by atoms with E-state index in [1.165, 1.54) is 6.92 Å². The van der Waals surface area contributed by atoms with Gasteiger partial charge in [0.25, 0.3) is 10.1 Å². The number of amides is 1. The van der Waals surface area contributed by atoms with Crippen LogP contribution in [0.4, 0.5) is 0 Å². The number of primary amides is 1. The third-order valence-corrected chi connectivity index (χ3v) is 3.54. The summed E-state index contributed by atoms with van der Waals surface area (Å²) in [6, 6.07) is 0. The predicted molar refractivity (Wildman–Crippen MR) is 81.0 cm³/mol. The molecule has 1 atom stereocenters. The molecule has 0 aliphatic heterocycles. The van der Waals surface area contributed by atoms with Crippen molar-refractivity contribution in [1.29, 1.82) is 0 Å². The molecule has 112 valence electrons. The van der Waals surface area contributed by atoms with E-state index in [4.69, 9.17) is 10.3 Å². The van der Waals surface area contributed by atoms with E-state index in [0.29, 0.717) is 11.7 Å². The van der Waals surface area contributed by atoms with Gasteiger partial charge in [0.05, 0.1) is 5.75 Å². The summed E-state index contributed by atoms with van der Waals surface area (Å²) in [4.78, 5) is 10.4. The van der Waals surface area contributed by atoms with Gasteiger partial charge in [-0.05, 0) is 31.9 Å². The number of carbonyl (C=O) groups is 1. The molecule has 0 radical (unpaired) electrons. The molecule has 5 nitrogen and oxygen atoms in total. The standard InChI is InChI=1S/C8H17NOS2.C2H6O3S.Zn/c9-8(10)4-2-1-3-7(12)5-6-11;1-2-6(3,4)5;/h7,11-12H,1-6H2,(H2,9,10);2H2,1H3,(H,3,4,5);. The average molecular weight is 383 g/mol. The summed E-state index contributed by atoms with van der Waals surface area (Å²) in [5.41, 5.74) is 5.00. The maximum Gasteiger partial charge on any atom is 0.264 e. The van der Waals surface area contributed by atoms with Crippen molar-refractivity contribution in [3.05, 3.63) is 0 Å². The third kappa shape index (κ3) is 27.8. The molecule has 0 spiro atoms. The van der Waals surface area contributed by atoms with Crippen molar-refractivity contribution in [3.63, 3.8) is 0 Å². The molecular formula is C10H23NO4S3Zn. The Morgan fingerprint density at radius 1 is 1.32 bits per heavy atom. The first kappa shape index (κ1) is 24.7. The van der Waals surface area contributed by atoms with Crippen molar-refractivity contribution in [2.75, 3.05) is 11.5 Å². The number of thiol groups is 2. The second kappa shape index (κ2) is 15.1. The summed E-state index contributed by atoms with van der Waals surface area (Å²) in [5, 5.41) is 0.426. The van der Waals surface area contributed by atoms with E-state index in [0.717, 1.165) is 31.4 Å². The molecule has 0 saturated heterocycles. The van der Waals surface area contributed by atoms with Gasteiger partial charge in [0.15, 0.2) is 0 Å². The second-order valence-electron chi connectivity index (χ2n) is 3.75. The Morgan fingerprint density at radius 2 is 1.79 bits per heavy atom. The molecule has 0 rings (SSSR count). The zero-order chi connectivity index (χ0) is 14.6. The van der Waals surface area contributed by atoms with E-state index in [9.17, 15) is 13.2 Å². The quantitative estimate of drug-likeness (QED) is 0.221. The number of rotatable bonds is 8. The SMILES string of the molecule is CCS(=O)(=O)O.NC(=O)CCCCC(S)CCS.[Zn]. The second-order valence-corrected chi connectivity index (χ2v) is 6.67. The molecule has 0 aliphatic carbocycles. The number of unbranched alkanes of at least 4 members (excludes halogenated alkanes) is 1. The minimum absolute atomic E-state index is 0. The molecule has 0 aromatic carbocycles. The Bertz CT molecular complexity index is 312. The molecule has 0 bridgehead atoms. The van der Waals surface area contributed by atoms with Gasteiger partial charge >= 0.3 is 0 Å². The van der Waals surface area contributed by atoms with Gasteiger partial charge in [-0.15, -0.1) is 0 Å². The van der Waals surface area contributed by atoms with Crippen molar-refractivity contribution in [2.24, 2.45) is 5.73 Å². The van der Waals surface area contributed by atoms with Crippen LogP contribution in [0.15, 0.2) is 0 Å². The normalized spacial score (nSPS) is 11.8. The van der Waals surface area contributed by atoms with Crippen molar-refractivity contribution < 1.29 is 37.2 Å². The zero-order valence-corrected chi connectivity index (χ0v) is 16.9. The molecular weight excluding hydrogens is 360 g/mol. The van der Waals surface area contributed by atoms with Gasteiger partial charge in [-0.1, -0.05) is 6.42 Å². The van der Waals surface area contributed by atoms with Crippen LogP contribution in [0.3, 0.4) is 0 Å². The Balaban J connectivity index is -0.000000313. The maximum absolute atomic E-state index is 10.4. The first-order valence-electron chi connectivity index (χ1n) is 5.75. The first-order valence-corrected chi connectivity index (χ1v) is 8.51. The number of hydrogen-bond donors (Lipinski definition) is 4. The minimum Gasteiger partial charge on any atom is -0.370 e. The topological polar surface area (TPSA) is 97.5 Å². The Kier molecular flexibility index (Phi) is 19.6. The summed E-state index contributed by atoms with van der Waals surface area (Å²) in [7, 11) is -3.66. The van der Waals surface area contributed by atoms with E-state index < -0.39 is 10.1 Å². The van der Waals surface area contributed by atoms with Crippen LogP contribution < -0.4 is 5.73 Å². The van der Waals surface area contributed by atoms with Crippen LogP contribution in [0.5, 0.6) is 0 Å². The van der Waals surface area contributed by atoms with Gasteiger partial charge in [-0.3, -0.25) is 9.35 Å². The molecule has 1 unspecified atom stereocenters. The van der Waals surface area contributed by atoms with Crippen molar-refractivity contribution in [3.8, 4) is 0 Å². The van der Waals surface area contributed by atoms with Crippen LogP contribution in [0, 0.1) is 0 Å². The summed E-state index contributed by atoms with van der Waals surface area (Å²) in [6.45, 7) is 1.37. The fraction of sp³-hybridized carbons (Fsp3) is 0.900. The number of carbonyl (C=O) groups excluding carboxylic acids is 1. The largest absolute Gasteiger partial charge is 0.370 e. The fourth-order valence-corrected chi connectivity index (χ4v) is 1.80. The molecule has 0 saturated carbocycles. The van der Waals surface area contributed by atoms with Gasteiger partial charge < -0.3 is 5.73 Å². The Labute approximate surface area is 139 Å². The van der Waals surface area contributed by atoms with Crippen LogP contribution in [0.1, 0.15) is 39.0 Å². The molecule has 19 heavy (non-hydrogen) atoms. The van der Waals surface area contributed by atoms with Crippen molar-refractivity contribution >= 4 is 41.3 Å². The number of hydrogen-bond acceptors (Lipinski definition) is 5. The molecule has 0 aliphatic rings. The third-order valence-electron chi connectivity index (χ3n) is 2.04. The monoisotopic (exact) mass is 381 g/mol. The van der Waals surface area contributed by atoms with Gasteiger partial charge in [0.1, 0.15) is 0 Å². The molecule has 0 heterocycles. The van der Waals surface area contributed by atoms with Crippen LogP contribution in [0.2, 0.25) is 0 Å². The van der Waals surface area contributed by atoms with Crippen LogP contribution in [-0.2, 0) is 34.4 Å². The molecule has 1 amide bonds. The molecule has 9 heteroatoms. The van der Waals surface area contributed by atoms with E-state index in [1.807, 2.05) is 0 Å². The molecule has 3 N–H and O–H groups in total. The van der Waals surface area contributed by atoms with E-state index in [2.05, 4.69) is 25.3 Å². The van der Waals surface area contributed by atoms with Gasteiger partial charge in [0.2, 0.25) is 5.91 Å². The van der Waals surface area contributed by atoms with Crippen LogP contribution >= 0.6 is 25.3 Å².